The van der Waals surface area contributed by atoms with E-state index in [0.717, 1.165) is 0 Å². The Labute approximate surface area is 153 Å². The normalized spacial score (nSPS) is 16.0. The highest BCUT2D eigenvalue weighted by molar-refractivity contribution is 6.40. The van der Waals surface area contributed by atoms with Crippen LogP contribution in [0.3, 0.4) is 0 Å². The first-order chi connectivity index (χ1) is 12.3. The molecule has 1 aliphatic heterocycles. The number of amides is 1. The summed E-state index contributed by atoms with van der Waals surface area (Å²) in [6.45, 7) is 1.97. The summed E-state index contributed by atoms with van der Waals surface area (Å²) in [4.78, 5) is 28.9. The van der Waals surface area contributed by atoms with Gasteiger partial charge in [-0.2, -0.15) is 10.1 Å². The van der Waals surface area contributed by atoms with Crippen molar-refractivity contribution in [2.24, 2.45) is 5.10 Å². The van der Waals surface area contributed by atoms with Crippen molar-refractivity contribution >= 4 is 23.3 Å². The molecule has 0 aliphatic carbocycles. The average Bonchev–Trinajstić information content (AvgIpc) is 2.90. The molecule has 0 N–H and O–H groups in total. The molecule has 1 aliphatic rings. The van der Waals surface area contributed by atoms with Gasteiger partial charge in [0.2, 0.25) is 0 Å². The number of para-hydroxylation sites is 1. The molecule has 7 nitrogen and oxygen atoms in total. The van der Waals surface area contributed by atoms with E-state index in [9.17, 15) is 9.59 Å². The Bertz CT molecular complexity index is 764. The fraction of sp³-hybridized carbons (Fsp3) is 0.316. The molecule has 0 saturated heterocycles. The Morgan fingerprint density at radius 2 is 1.81 bits per heavy atom. The van der Waals surface area contributed by atoms with Crippen LogP contribution >= 0.6 is 0 Å². The highest BCUT2D eigenvalue weighted by Crippen LogP contribution is 2.27. The summed E-state index contributed by atoms with van der Waals surface area (Å²) < 4.78 is 5.16. The number of hydrazone groups is 1. The van der Waals surface area contributed by atoms with Gasteiger partial charge in [0.05, 0.1) is 17.9 Å². The van der Waals surface area contributed by atoms with Crippen molar-refractivity contribution in [2.75, 3.05) is 39.8 Å². The first-order valence-corrected chi connectivity index (χ1v) is 8.27. The number of rotatable bonds is 6. The minimum atomic E-state index is -0.521. The van der Waals surface area contributed by atoms with E-state index in [1.54, 1.807) is 55.4 Å². The lowest BCUT2D eigenvalue weighted by Gasteiger charge is -2.12. The molecule has 0 atom stereocenters. The van der Waals surface area contributed by atoms with Gasteiger partial charge in [-0.25, -0.2) is 4.79 Å². The SMILES string of the molecule is CCOC(=O)/C(=C/N(C)C)C1=NN(c2ccccc2)C(=O)/C1=C\N(C)C. The molecule has 0 aromatic heterocycles. The molecule has 0 radical (unpaired) electrons. The summed E-state index contributed by atoms with van der Waals surface area (Å²) in [5.74, 6) is -0.818. The van der Waals surface area contributed by atoms with E-state index in [1.165, 1.54) is 5.01 Å². The molecule has 1 amide bonds. The Morgan fingerprint density at radius 3 is 2.35 bits per heavy atom. The second kappa shape index (κ2) is 8.33. The summed E-state index contributed by atoms with van der Waals surface area (Å²) in [6.07, 6.45) is 3.27. The number of carbonyl (C=O) groups excluding carboxylic acids is 2. The minimum Gasteiger partial charge on any atom is -0.462 e. The monoisotopic (exact) mass is 356 g/mol. The lowest BCUT2D eigenvalue weighted by molar-refractivity contribution is -0.137. The van der Waals surface area contributed by atoms with Crippen LogP contribution in [0, 0.1) is 0 Å². The molecular weight excluding hydrogens is 332 g/mol. The van der Waals surface area contributed by atoms with Crippen LogP contribution in [-0.2, 0) is 14.3 Å². The maximum atomic E-state index is 12.9. The first-order valence-electron chi connectivity index (χ1n) is 8.27. The molecule has 26 heavy (non-hydrogen) atoms. The number of carbonyl (C=O) groups is 2. The molecule has 7 heteroatoms. The molecule has 1 aromatic carbocycles. The zero-order chi connectivity index (χ0) is 19.3. The molecule has 1 aromatic rings. The van der Waals surface area contributed by atoms with Gasteiger partial charge < -0.3 is 14.5 Å². The minimum absolute atomic E-state index is 0.233. The van der Waals surface area contributed by atoms with Gasteiger partial charge in [-0.05, 0) is 19.1 Å². The second-order valence-electron chi connectivity index (χ2n) is 6.13. The van der Waals surface area contributed by atoms with Crippen LogP contribution in [0.5, 0.6) is 0 Å². The molecule has 0 bridgehead atoms. The molecule has 1 heterocycles. The third-order valence-corrected chi connectivity index (χ3v) is 3.40. The van der Waals surface area contributed by atoms with E-state index in [-0.39, 0.29) is 18.1 Å². The van der Waals surface area contributed by atoms with Gasteiger partial charge in [0.1, 0.15) is 11.3 Å². The third-order valence-electron chi connectivity index (χ3n) is 3.40. The maximum Gasteiger partial charge on any atom is 0.341 e. The van der Waals surface area contributed by atoms with E-state index in [0.29, 0.717) is 17.0 Å². The van der Waals surface area contributed by atoms with Gasteiger partial charge in [0.15, 0.2) is 0 Å². The van der Waals surface area contributed by atoms with E-state index < -0.39 is 5.97 Å². The maximum absolute atomic E-state index is 12.9. The molecular formula is C19H24N4O3. The fourth-order valence-corrected chi connectivity index (χ4v) is 2.41. The summed E-state index contributed by atoms with van der Waals surface area (Å²) >= 11 is 0. The average molecular weight is 356 g/mol. The van der Waals surface area contributed by atoms with E-state index in [4.69, 9.17) is 4.74 Å². The Morgan fingerprint density at radius 1 is 1.15 bits per heavy atom. The number of nitrogens with zero attached hydrogens (tertiary/aromatic N) is 4. The lowest BCUT2D eigenvalue weighted by atomic mass is 10.0. The Hall–Kier alpha value is -3.09. The van der Waals surface area contributed by atoms with Crippen molar-refractivity contribution in [1.29, 1.82) is 0 Å². The summed E-state index contributed by atoms with van der Waals surface area (Å²) in [5.41, 5.74) is 1.49. The Balaban J connectivity index is 2.58. The zero-order valence-corrected chi connectivity index (χ0v) is 15.8. The van der Waals surface area contributed by atoms with Gasteiger partial charge in [-0.15, -0.1) is 0 Å². The highest BCUT2D eigenvalue weighted by atomic mass is 16.5. The van der Waals surface area contributed by atoms with E-state index in [1.807, 2.05) is 32.3 Å². The van der Waals surface area contributed by atoms with Gasteiger partial charge in [0.25, 0.3) is 5.91 Å². The molecule has 2 rings (SSSR count). The number of ether oxygens (including phenoxy) is 1. The van der Waals surface area contributed by atoms with Crippen LogP contribution in [0.1, 0.15) is 6.92 Å². The molecule has 0 unspecified atom stereocenters. The summed E-state index contributed by atoms with van der Waals surface area (Å²) in [5, 5.41) is 5.74. The number of hydrogen-bond donors (Lipinski definition) is 0. The quantitative estimate of drug-likeness (QED) is 0.575. The van der Waals surface area contributed by atoms with Crippen LogP contribution < -0.4 is 5.01 Å². The van der Waals surface area contributed by atoms with Gasteiger partial charge in [-0.3, -0.25) is 4.79 Å². The predicted molar refractivity (Wildman–Crippen MR) is 102 cm³/mol. The van der Waals surface area contributed by atoms with Crippen LogP contribution in [0.2, 0.25) is 0 Å². The fourth-order valence-electron chi connectivity index (χ4n) is 2.41. The summed E-state index contributed by atoms with van der Waals surface area (Å²) in [6, 6.07) is 9.09. The smallest absolute Gasteiger partial charge is 0.341 e. The lowest BCUT2D eigenvalue weighted by Crippen LogP contribution is -2.24. The highest BCUT2D eigenvalue weighted by Gasteiger charge is 2.36. The predicted octanol–water partition coefficient (Wildman–Crippen LogP) is 1.84. The van der Waals surface area contributed by atoms with Crippen molar-refractivity contribution in [3.05, 3.63) is 53.9 Å². The van der Waals surface area contributed by atoms with Crippen molar-refractivity contribution in [3.63, 3.8) is 0 Å². The van der Waals surface area contributed by atoms with E-state index >= 15 is 0 Å². The third kappa shape index (κ3) is 4.30. The number of benzene rings is 1. The van der Waals surface area contributed by atoms with Gasteiger partial charge >= 0.3 is 5.97 Å². The van der Waals surface area contributed by atoms with Gasteiger partial charge in [-0.1, -0.05) is 18.2 Å². The zero-order valence-electron chi connectivity index (χ0n) is 15.8. The molecule has 0 fully saturated rings. The second-order valence-corrected chi connectivity index (χ2v) is 6.13. The standard InChI is InChI=1S/C19H24N4O3/c1-6-26-19(25)16(13-22(4)5)17-15(12-21(2)3)18(24)23(20-17)14-10-8-7-9-11-14/h7-13H,6H2,1-5H3/b15-12-,16-13+. The first kappa shape index (κ1) is 19.2. The molecule has 138 valence electrons. The summed E-state index contributed by atoms with van der Waals surface area (Å²) in [7, 11) is 7.20. The van der Waals surface area contributed by atoms with Crippen molar-refractivity contribution in [2.45, 2.75) is 6.92 Å². The van der Waals surface area contributed by atoms with Crippen molar-refractivity contribution < 1.29 is 14.3 Å². The van der Waals surface area contributed by atoms with E-state index in [2.05, 4.69) is 5.10 Å². The molecule has 0 spiro atoms. The van der Waals surface area contributed by atoms with Crippen LogP contribution in [0.4, 0.5) is 5.69 Å². The van der Waals surface area contributed by atoms with Gasteiger partial charge in [0, 0.05) is 40.6 Å². The number of anilines is 1. The number of hydrogen-bond acceptors (Lipinski definition) is 6. The van der Waals surface area contributed by atoms with Crippen LogP contribution in [0.25, 0.3) is 0 Å². The molecule has 0 saturated carbocycles. The Kier molecular flexibility index (Phi) is 6.16. The largest absolute Gasteiger partial charge is 0.462 e. The topological polar surface area (TPSA) is 65.5 Å². The van der Waals surface area contributed by atoms with Crippen LogP contribution in [-0.4, -0.2) is 62.2 Å². The van der Waals surface area contributed by atoms with Crippen molar-refractivity contribution in [3.8, 4) is 0 Å². The van der Waals surface area contributed by atoms with Crippen molar-refractivity contribution in [1.82, 2.24) is 9.80 Å². The van der Waals surface area contributed by atoms with Crippen LogP contribution in [0.15, 0.2) is 59.0 Å². The number of esters is 1.